The molecule has 0 aliphatic carbocycles. The summed E-state index contributed by atoms with van der Waals surface area (Å²) in [6, 6.07) is 17.4. The number of carbonyl (C=O) groups is 5. The number of piperidine rings is 1. The van der Waals surface area contributed by atoms with Gasteiger partial charge < -0.3 is 34.3 Å². The topological polar surface area (TPSA) is 200 Å². The first-order chi connectivity index (χ1) is 33.3. The lowest BCUT2D eigenvalue weighted by Gasteiger charge is -2.29. The molecule has 0 radical (unpaired) electrons. The quantitative estimate of drug-likeness (QED) is 0.0520. The van der Waals surface area contributed by atoms with E-state index in [9.17, 15) is 28.8 Å². The number of imide groups is 1. The monoisotopic (exact) mass is 939 g/mol. The molecular formula is C52H54FN7O9. The first-order valence-corrected chi connectivity index (χ1v) is 23.3. The highest BCUT2D eigenvalue weighted by Gasteiger charge is 2.40. The van der Waals surface area contributed by atoms with E-state index in [4.69, 9.17) is 14.2 Å². The molecule has 1 saturated heterocycles. The van der Waals surface area contributed by atoms with Crippen molar-refractivity contribution in [2.24, 2.45) is 7.05 Å². The molecule has 1 unspecified atom stereocenters. The molecule has 1 atom stereocenters. The summed E-state index contributed by atoms with van der Waals surface area (Å²) in [5, 5.41) is 8.83. The highest BCUT2D eigenvalue weighted by Crippen LogP contribution is 2.37. The first-order valence-electron chi connectivity index (χ1n) is 23.3. The minimum Gasteiger partial charge on any atom is -0.493 e. The second kappa shape index (κ2) is 21.1. The molecule has 4 heterocycles. The lowest BCUT2D eigenvalue weighted by atomic mass is 10.0. The lowest BCUT2D eigenvalue weighted by Crippen LogP contribution is -2.52. The maximum atomic E-state index is 15.6. The van der Waals surface area contributed by atoms with E-state index in [1.165, 1.54) is 30.5 Å². The zero-order valence-corrected chi connectivity index (χ0v) is 39.0. The maximum absolute atomic E-state index is 15.6. The van der Waals surface area contributed by atoms with E-state index >= 15 is 4.39 Å². The van der Waals surface area contributed by atoms with Gasteiger partial charge in [0.25, 0.3) is 11.8 Å². The first kappa shape index (κ1) is 47.8. The summed E-state index contributed by atoms with van der Waals surface area (Å²) in [7, 11) is 3.31. The van der Waals surface area contributed by atoms with Crippen molar-refractivity contribution >= 4 is 62.7 Å². The number of aromatic nitrogens is 3. The number of carbonyl (C=O) groups excluding carboxylic acids is 5. The average molecular weight is 940 g/mol. The number of nitrogens with one attached hydrogen (secondary N) is 3. The number of pyridine rings is 1. The van der Waals surface area contributed by atoms with Gasteiger partial charge in [0.15, 0.2) is 23.1 Å². The van der Waals surface area contributed by atoms with Gasteiger partial charge in [-0.2, -0.15) is 0 Å². The van der Waals surface area contributed by atoms with Gasteiger partial charge in [-0.15, -0.1) is 0 Å². The molecule has 0 spiro atoms. The number of amides is 5. The van der Waals surface area contributed by atoms with Crippen LogP contribution in [-0.4, -0.2) is 68.7 Å². The standard InChI is InChI=1S/C52H54FN7O9/c1-5-31-17-19-40-35(24-31)48(63)47(30(2)59(40)3)50(65)56-32-18-21-42(37(53)25-32)69-51-34-26-43(67-4)44(27-39(34)54-29-55-51)68-23-12-10-8-6-7-9-11-16-45(61)57-38-15-13-14-33-36(38)28-60(52(33)66)41-20-22-46(62)58-49(41)64/h13-15,17-19,21,24-27,29,41H,5-12,16,20,22-23,28H2,1-4H3,(H,56,65)(H,57,61)(H,58,62,64). The third kappa shape index (κ3) is 10.4. The van der Waals surface area contributed by atoms with E-state index in [-0.39, 0.29) is 60.0 Å². The Morgan fingerprint density at radius 1 is 0.870 bits per heavy atom. The van der Waals surface area contributed by atoms with Gasteiger partial charge in [-0.3, -0.25) is 34.1 Å². The fraction of sp³-hybridized carbons (Fsp3) is 0.346. The number of methoxy groups -OCH3 is 1. The number of nitrogens with zero attached hydrogens (tertiary/aromatic N) is 4. The van der Waals surface area contributed by atoms with Crippen LogP contribution in [0.3, 0.4) is 0 Å². The molecule has 2 aliphatic rings. The normalized spacial score (nSPS) is 14.5. The zero-order valence-electron chi connectivity index (χ0n) is 39.0. The summed E-state index contributed by atoms with van der Waals surface area (Å²) in [6.45, 7) is 4.33. The zero-order chi connectivity index (χ0) is 48.8. The number of hydrogen-bond donors (Lipinski definition) is 3. The van der Waals surface area contributed by atoms with Crippen LogP contribution in [-0.2, 0) is 34.4 Å². The number of unbranched alkanes of at least 4 members (excludes halogenated alkanes) is 6. The smallest absolute Gasteiger partial charge is 0.261 e. The molecule has 3 N–H and O–H groups in total. The number of anilines is 2. The number of aryl methyl sites for hydroxylation is 2. The van der Waals surface area contributed by atoms with E-state index in [2.05, 4.69) is 25.9 Å². The number of halogens is 1. The second-order valence-corrected chi connectivity index (χ2v) is 17.3. The molecule has 16 nitrogen and oxygen atoms in total. The van der Waals surface area contributed by atoms with Gasteiger partial charge in [-0.1, -0.05) is 51.2 Å². The summed E-state index contributed by atoms with van der Waals surface area (Å²) in [6.07, 6.45) is 9.19. The summed E-state index contributed by atoms with van der Waals surface area (Å²) in [5.74, 6) is -1.80. The minimum absolute atomic E-state index is 0.0205. The van der Waals surface area contributed by atoms with Crippen LogP contribution in [0.4, 0.5) is 15.8 Å². The maximum Gasteiger partial charge on any atom is 0.261 e. The van der Waals surface area contributed by atoms with Crippen LogP contribution < -0.4 is 35.6 Å². The van der Waals surface area contributed by atoms with Crippen LogP contribution in [0.5, 0.6) is 23.1 Å². The van der Waals surface area contributed by atoms with E-state index in [1.807, 2.05) is 19.1 Å². The predicted molar refractivity (Wildman–Crippen MR) is 257 cm³/mol. The molecule has 8 rings (SSSR count). The van der Waals surface area contributed by atoms with Gasteiger partial charge in [0.05, 0.1) is 30.1 Å². The highest BCUT2D eigenvalue weighted by molar-refractivity contribution is 6.08. The highest BCUT2D eigenvalue weighted by atomic mass is 19.1. The SMILES string of the molecule is CCc1ccc2c(c1)c(=O)c(C(=O)Nc1ccc(Oc3ncnc4cc(OCCCCCCCCCC(=O)Nc5cccc6c5CN(C5CCC(=O)NC5=O)C6=O)c(OC)cc34)c(F)c1)c(C)n2C. The number of fused-ring (bicyclic) bond motifs is 3. The summed E-state index contributed by atoms with van der Waals surface area (Å²) < 4.78 is 35.0. The Balaban J connectivity index is 0.774. The molecule has 6 aromatic rings. The Labute approximate surface area is 397 Å². The minimum atomic E-state index is -0.763. The van der Waals surface area contributed by atoms with Crippen LogP contribution in [0.15, 0.2) is 77.9 Å². The van der Waals surface area contributed by atoms with Crippen molar-refractivity contribution < 1.29 is 42.6 Å². The molecule has 5 amide bonds. The van der Waals surface area contributed by atoms with Gasteiger partial charge in [0.1, 0.15) is 17.9 Å². The summed E-state index contributed by atoms with van der Waals surface area (Å²) in [4.78, 5) is 87.1. The number of hydrogen-bond acceptors (Lipinski definition) is 11. The molecule has 4 aromatic carbocycles. The number of rotatable bonds is 19. The largest absolute Gasteiger partial charge is 0.493 e. The fourth-order valence-electron chi connectivity index (χ4n) is 8.91. The van der Waals surface area contributed by atoms with Crippen molar-refractivity contribution in [3.63, 3.8) is 0 Å². The second-order valence-electron chi connectivity index (χ2n) is 17.3. The lowest BCUT2D eigenvalue weighted by molar-refractivity contribution is -0.137. The van der Waals surface area contributed by atoms with Gasteiger partial charge in [-0.25, -0.2) is 14.4 Å². The fourth-order valence-corrected chi connectivity index (χ4v) is 8.91. The average Bonchev–Trinajstić information content (AvgIpc) is 3.67. The Hall–Kier alpha value is -7.69. The molecule has 2 aromatic heterocycles. The predicted octanol–water partition coefficient (Wildman–Crippen LogP) is 8.44. The third-order valence-corrected chi connectivity index (χ3v) is 12.8. The van der Waals surface area contributed by atoms with Gasteiger partial charge in [-0.05, 0) is 80.6 Å². The van der Waals surface area contributed by atoms with Crippen LogP contribution in [0.1, 0.15) is 109 Å². The molecule has 1 fully saturated rings. The van der Waals surface area contributed by atoms with Gasteiger partial charge >= 0.3 is 0 Å². The molecule has 2 aliphatic heterocycles. The van der Waals surface area contributed by atoms with Crippen molar-refractivity contribution in [2.45, 2.75) is 97.1 Å². The van der Waals surface area contributed by atoms with Crippen LogP contribution in [0.25, 0.3) is 21.8 Å². The summed E-state index contributed by atoms with van der Waals surface area (Å²) >= 11 is 0. The molecule has 69 heavy (non-hydrogen) atoms. The van der Waals surface area contributed by atoms with E-state index in [1.54, 1.807) is 54.9 Å². The van der Waals surface area contributed by atoms with Crippen molar-refractivity contribution in [3.8, 4) is 23.1 Å². The molecular weight excluding hydrogens is 886 g/mol. The van der Waals surface area contributed by atoms with Crippen molar-refractivity contribution in [3.05, 3.63) is 117 Å². The van der Waals surface area contributed by atoms with Crippen molar-refractivity contribution in [1.82, 2.24) is 24.8 Å². The van der Waals surface area contributed by atoms with E-state index in [0.29, 0.717) is 68.8 Å². The van der Waals surface area contributed by atoms with Crippen molar-refractivity contribution in [2.75, 3.05) is 24.4 Å². The third-order valence-electron chi connectivity index (χ3n) is 12.8. The Bertz CT molecular complexity index is 3060. The molecule has 358 valence electrons. The number of benzene rings is 4. The van der Waals surface area contributed by atoms with Crippen LogP contribution in [0, 0.1) is 12.7 Å². The molecule has 0 bridgehead atoms. The number of ether oxygens (including phenoxy) is 3. The van der Waals surface area contributed by atoms with E-state index < -0.39 is 29.1 Å². The Morgan fingerprint density at radius 2 is 1.65 bits per heavy atom. The van der Waals surface area contributed by atoms with Crippen LogP contribution in [0.2, 0.25) is 0 Å². The molecule has 0 saturated carbocycles. The molecule has 17 heteroatoms. The van der Waals surface area contributed by atoms with Crippen LogP contribution >= 0.6 is 0 Å². The van der Waals surface area contributed by atoms with Crippen molar-refractivity contribution in [1.29, 1.82) is 0 Å². The van der Waals surface area contributed by atoms with E-state index in [0.717, 1.165) is 63.0 Å². The Morgan fingerprint density at radius 3 is 2.41 bits per heavy atom. The van der Waals surface area contributed by atoms with Gasteiger partial charge in [0, 0.05) is 72.1 Å². The summed E-state index contributed by atoms with van der Waals surface area (Å²) in [5.41, 5.74) is 4.08. The van der Waals surface area contributed by atoms with Gasteiger partial charge in [0.2, 0.25) is 29.0 Å². The Kier molecular flexibility index (Phi) is 14.6.